The predicted molar refractivity (Wildman–Crippen MR) is 93.4 cm³/mol. The van der Waals surface area contributed by atoms with E-state index in [1.807, 2.05) is 12.1 Å². The summed E-state index contributed by atoms with van der Waals surface area (Å²) >= 11 is 0. The van der Waals surface area contributed by atoms with E-state index < -0.39 is 0 Å². The highest BCUT2D eigenvalue weighted by atomic mass is 19.1. The van der Waals surface area contributed by atoms with Crippen molar-refractivity contribution in [1.29, 1.82) is 0 Å². The second-order valence-corrected chi connectivity index (χ2v) is 6.24. The van der Waals surface area contributed by atoms with Crippen molar-refractivity contribution in [2.45, 2.75) is 13.0 Å². The molecule has 4 rings (SSSR count). The molecule has 1 aliphatic heterocycles. The van der Waals surface area contributed by atoms with Crippen molar-refractivity contribution in [1.82, 2.24) is 24.6 Å². The first-order valence-corrected chi connectivity index (χ1v) is 8.18. The van der Waals surface area contributed by atoms with Gasteiger partial charge < -0.3 is 4.98 Å². The van der Waals surface area contributed by atoms with Crippen molar-refractivity contribution < 1.29 is 4.39 Å². The van der Waals surface area contributed by atoms with Gasteiger partial charge in [0, 0.05) is 20.1 Å². The van der Waals surface area contributed by atoms with E-state index in [4.69, 9.17) is 0 Å². The van der Waals surface area contributed by atoms with E-state index in [1.165, 1.54) is 23.9 Å². The minimum atomic E-state index is -0.220. The summed E-state index contributed by atoms with van der Waals surface area (Å²) in [7, 11) is 1.77. The number of aryl methyl sites for hydroxylation is 1. The molecule has 25 heavy (non-hydrogen) atoms. The predicted octanol–water partition coefficient (Wildman–Crippen LogP) is 2.08. The monoisotopic (exact) mass is 339 g/mol. The maximum atomic E-state index is 13.0. The average Bonchev–Trinajstić information content (AvgIpc) is 2.98. The molecule has 0 radical (unpaired) electrons. The second-order valence-electron chi connectivity index (χ2n) is 6.24. The SMILES string of the molecule is Cn1ncc2c(=O)[nH]c(CN3CC=C(c4ccc(F)cc4)CC3)nc21. The van der Waals surface area contributed by atoms with Crippen molar-refractivity contribution in [3.63, 3.8) is 0 Å². The molecule has 0 fully saturated rings. The number of benzene rings is 1. The number of hydrogen-bond donors (Lipinski definition) is 1. The average molecular weight is 339 g/mol. The number of fused-ring (bicyclic) bond motifs is 1. The fourth-order valence-corrected chi connectivity index (χ4v) is 3.15. The summed E-state index contributed by atoms with van der Waals surface area (Å²) < 4.78 is 14.6. The van der Waals surface area contributed by atoms with Crippen LogP contribution in [0.5, 0.6) is 0 Å². The van der Waals surface area contributed by atoms with Gasteiger partial charge in [-0.25, -0.2) is 9.37 Å². The fraction of sp³-hybridized carbons (Fsp3) is 0.278. The Morgan fingerprint density at radius 2 is 2.08 bits per heavy atom. The molecule has 0 spiro atoms. The van der Waals surface area contributed by atoms with Gasteiger partial charge in [-0.05, 0) is 29.7 Å². The Morgan fingerprint density at radius 3 is 2.80 bits per heavy atom. The molecule has 1 aromatic carbocycles. The number of rotatable bonds is 3. The summed E-state index contributed by atoms with van der Waals surface area (Å²) in [5.41, 5.74) is 2.72. The maximum Gasteiger partial charge on any atom is 0.262 e. The van der Waals surface area contributed by atoms with E-state index >= 15 is 0 Å². The lowest BCUT2D eigenvalue weighted by Crippen LogP contribution is -2.30. The van der Waals surface area contributed by atoms with Crippen LogP contribution in [0.1, 0.15) is 17.8 Å². The van der Waals surface area contributed by atoms with Crippen LogP contribution in [-0.4, -0.2) is 37.7 Å². The van der Waals surface area contributed by atoms with Gasteiger partial charge in [-0.2, -0.15) is 5.10 Å². The van der Waals surface area contributed by atoms with Crippen LogP contribution in [-0.2, 0) is 13.6 Å². The van der Waals surface area contributed by atoms with Crippen LogP contribution in [0, 0.1) is 5.82 Å². The van der Waals surface area contributed by atoms with Crippen molar-refractivity contribution in [3.05, 3.63) is 64.1 Å². The molecule has 1 aliphatic rings. The third-order valence-corrected chi connectivity index (χ3v) is 4.53. The summed E-state index contributed by atoms with van der Waals surface area (Å²) in [4.78, 5) is 21.7. The summed E-state index contributed by atoms with van der Waals surface area (Å²) in [5, 5.41) is 4.58. The van der Waals surface area contributed by atoms with Gasteiger partial charge in [-0.3, -0.25) is 14.4 Å². The maximum absolute atomic E-state index is 13.0. The largest absolute Gasteiger partial charge is 0.309 e. The molecule has 0 unspecified atom stereocenters. The van der Waals surface area contributed by atoms with Crippen LogP contribution in [0.2, 0.25) is 0 Å². The second kappa shape index (κ2) is 6.25. The molecule has 7 heteroatoms. The molecule has 0 amide bonds. The first-order chi connectivity index (χ1) is 12.1. The van der Waals surface area contributed by atoms with Gasteiger partial charge in [0.1, 0.15) is 17.0 Å². The van der Waals surface area contributed by atoms with Crippen LogP contribution in [0.25, 0.3) is 16.6 Å². The molecule has 0 aliphatic carbocycles. The van der Waals surface area contributed by atoms with E-state index in [1.54, 1.807) is 11.7 Å². The molecule has 0 atom stereocenters. The van der Waals surface area contributed by atoms with Gasteiger partial charge in [0.2, 0.25) is 0 Å². The normalized spacial score (nSPS) is 15.5. The van der Waals surface area contributed by atoms with E-state index in [0.29, 0.717) is 23.4 Å². The Labute approximate surface area is 143 Å². The highest BCUT2D eigenvalue weighted by Crippen LogP contribution is 2.23. The summed E-state index contributed by atoms with van der Waals surface area (Å²) in [6.45, 7) is 2.19. The fourth-order valence-electron chi connectivity index (χ4n) is 3.15. The summed E-state index contributed by atoms with van der Waals surface area (Å²) in [5.74, 6) is 0.419. The number of aromatic amines is 1. The lowest BCUT2D eigenvalue weighted by Gasteiger charge is -2.26. The Kier molecular flexibility index (Phi) is 3.93. The minimum absolute atomic E-state index is 0.160. The lowest BCUT2D eigenvalue weighted by molar-refractivity contribution is 0.286. The van der Waals surface area contributed by atoms with E-state index in [2.05, 4.69) is 26.0 Å². The van der Waals surface area contributed by atoms with Crippen LogP contribution in [0.3, 0.4) is 0 Å². The van der Waals surface area contributed by atoms with E-state index in [-0.39, 0.29) is 11.4 Å². The highest BCUT2D eigenvalue weighted by Gasteiger charge is 2.15. The molecule has 0 saturated carbocycles. The van der Waals surface area contributed by atoms with Crippen LogP contribution >= 0.6 is 0 Å². The van der Waals surface area contributed by atoms with Gasteiger partial charge in [0.05, 0.1) is 12.7 Å². The van der Waals surface area contributed by atoms with Gasteiger partial charge in [-0.1, -0.05) is 18.2 Å². The zero-order valence-corrected chi connectivity index (χ0v) is 13.9. The number of nitrogens with one attached hydrogen (secondary N) is 1. The smallest absolute Gasteiger partial charge is 0.262 e. The molecule has 3 aromatic rings. The quantitative estimate of drug-likeness (QED) is 0.793. The number of hydrogen-bond acceptors (Lipinski definition) is 4. The van der Waals surface area contributed by atoms with Crippen LogP contribution in [0.15, 0.2) is 41.3 Å². The van der Waals surface area contributed by atoms with Crippen LogP contribution in [0.4, 0.5) is 4.39 Å². The highest BCUT2D eigenvalue weighted by molar-refractivity contribution is 5.72. The molecule has 2 aromatic heterocycles. The molecule has 1 N–H and O–H groups in total. The van der Waals surface area contributed by atoms with Gasteiger partial charge >= 0.3 is 0 Å². The summed E-state index contributed by atoms with van der Waals surface area (Å²) in [6.07, 6.45) is 4.56. The number of nitrogens with zero attached hydrogens (tertiary/aromatic N) is 4. The van der Waals surface area contributed by atoms with E-state index in [0.717, 1.165) is 25.1 Å². The summed E-state index contributed by atoms with van der Waals surface area (Å²) in [6, 6.07) is 6.60. The zero-order valence-electron chi connectivity index (χ0n) is 13.9. The molecule has 128 valence electrons. The zero-order chi connectivity index (χ0) is 17.4. The van der Waals surface area contributed by atoms with Crippen molar-refractivity contribution >= 4 is 16.6 Å². The van der Waals surface area contributed by atoms with Crippen molar-refractivity contribution in [2.75, 3.05) is 13.1 Å². The molecule has 0 bridgehead atoms. The van der Waals surface area contributed by atoms with Crippen molar-refractivity contribution in [3.8, 4) is 0 Å². The third kappa shape index (κ3) is 3.10. The lowest BCUT2D eigenvalue weighted by atomic mass is 9.99. The van der Waals surface area contributed by atoms with Crippen LogP contribution < -0.4 is 5.56 Å². The number of H-pyrrole nitrogens is 1. The molecule has 3 heterocycles. The molecule has 0 saturated heterocycles. The topological polar surface area (TPSA) is 66.8 Å². The van der Waals surface area contributed by atoms with Gasteiger partial charge in [0.15, 0.2) is 5.65 Å². The first kappa shape index (κ1) is 15.7. The Balaban J connectivity index is 1.51. The molecule has 6 nitrogen and oxygen atoms in total. The number of halogens is 1. The van der Waals surface area contributed by atoms with Crippen molar-refractivity contribution in [2.24, 2.45) is 7.05 Å². The Hall–Kier alpha value is -2.80. The standard InChI is InChI=1S/C18H18FN5O/c1-23-17-15(10-20-23)18(25)22-16(21-17)11-24-8-6-13(7-9-24)12-2-4-14(19)5-3-12/h2-6,10H,7-9,11H2,1H3,(H,21,22,25). The Morgan fingerprint density at radius 1 is 1.28 bits per heavy atom. The third-order valence-electron chi connectivity index (χ3n) is 4.53. The first-order valence-electron chi connectivity index (χ1n) is 8.18. The van der Waals surface area contributed by atoms with E-state index in [9.17, 15) is 9.18 Å². The Bertz CT molecular complexity index is 1000. The molecular formula is C18H18FN5O. The van der Waals surface area contributed by atoms with Gasteiger partial charge in [-0.15, -0.1) is 0 Å². The minimum Gasteiger partial charge on any atom is -0.309 e. The molecular weight excluding hydrogens is 321 g/mol. The van der Waals surface area contributed by atoms with Gasteiger partial charge in [0.25, 0.3) is 5.56 Å². The number of aromatic nitrogens is 4.